The molecule has 2 aromatic heterocycles. The highest BCUT2D eigenvalue weighted by atomic mass is 32.1. The fraction of sp³-hybridized carbons (Fsp3) is 0.417. The second-order valence-electron chi connectivity index (χ2n) is 8.41. The van der Waals surface area contributed by atoms with E-state index < -0.39 is 0 Å². The molecule has 0 spiro atoms. The average Bonchev–Trinajstić information content (AvgIpc) is 3.53. The number of thiophene rings is 1. The first-order valence-corrected chi connectivity index (χ1v) is 11.8. The third kappa shape index (κ3) is 3.76. The van der Waals surface area contributed by atoms with E-state index in [1.165, 1.54) is 16.6 Å². The minimum Gasteiger partial charge on any atom is -0.358 e. The van der Waals surface area contributed by atoms with Crippen molar-refractivity contribution < 1.29 is 9.59 Å². The molecule has 6 heteroatoms. The number of piperidine rings is 1. The number of aromatic amines is 1. The second-order valence-corrected chi connectivity index (χ2v) is 9.45. The summed E-state index contributed by atoms with van der Waals surface area (Å²) in [5.41, 5.74) is 2.45. The number of H-pyrrole nitrogens is 1. The molecule has 2 aliphatic heterocycles. The van der Waals surface area contributed by atoms with Crippen molar-refractivity contribution >= 4 is 34.1 Å². The zero-order valence-corrected chi connectivity index (χ0v) is 17.9. The number of likely N-dealkylation sites (tertiary alicyclic amines) is 2. The van der Waals surface area contributed by atoms with Crippen LogP contribution >= 0.6 is 11.3 Å². The smallest absolute Gasteiger partial charge is 0.245 e. The van der Waals surface area contributed by atoms with Crippen molar-refractivity contribution in [3.63, 3.8) is 0 Å². The Kier molecular flexibility index (Phi) is 5.34. The van der Waals surface area contributed by atoms with Crippen LogP contribution in [0, 0.1) is 0 Å². The van der Waals surface area contributed by atoms with Gasteiger partial charge in [-0.05, 0) is 54.6 Å². The number of carbonyl (C=O) groups excluding carboxylic acids is 2. The lowest BCUT2D eigenvalue weighted by molar-refractivity contribution is -0.144. The van der Waals surface area contributed by atoms with E-state index in [0.717, 1.165) is 43.6 Å². The van der Waals surface area contributed by atoms with E-state index in [1.54, 1.807) is 11.3 Å². The number of carbonyl (C=O) groups is 2. The monoisotopic (exact) mass is 421 g/mol. The molecule has 156 valence electrons. The Morgan fingerprint density at radius 1 is 1.03 bits per heavy atom. The first-order valence-electron chi connectivity index (χ1n) is 10.9. The standard InChI is InChI=1S/C24H27N3O2S/c28-23(16-19-6-4-14-30-19)27-11-3-8-22(27)24(29)26-12-9-17(10-13-26)21-15-18-5-1-2-7-20(18)25-21/h1-2,4-7,14-15,17,22,25H,3,8-13,16H2. The fourth-order valence-electron chi connectivity index (χ4n) is 4.92. The average molecular weight is 422 g/mol. The van der Waals surface area contributed by atoms with E-state index in [4.69, 9.17) is 0 Å². The molecular weight excluding hydrogens is 394 g/mol. The van der Waals surface area contributed by atoms with Gasteiger partial charge in [-0.2, -0.15) is 0 Å². The van der Waals surface area contributed by atoms with Gasteiger partial charge in [0.15, 0.2) is 0 Å². The van der Waals surface area contributed by atoms with Crippen molar-refractivity contribution in [3.05, 3.63) is 58.4 Å². The van der Waals surface area contributed by atoms with Crippen molar-refractivity contribution in [1.82, 2.24) is 14.8 Å². The second kappa shape index (κ2) is 8.26. The SMILES string of the molecule is O=C(C1CCCN1C(=O)Cc1cccs1)N1CCC(c2cc3ccccc3[nH]2)CC1. The molecule has 0 saturated carbocycles. The van der Waals surface area contributed by atoms with Gasteiger partial charge in [-0.25, -0.2) is 0 Å². The summed E-state index contributed by atoms with van der Waals surface area (Å²) >= 11 is 1.60. The molecular formula is C24H27N3O2S. The van der Waals surface area contributed by atoms with Gasteiger partial charge in [-0.1, -0.05) is 24.3 Å². The maximum absolute atomic E-state index is 13.2. The van der Waals surface area contributed by atoms with Gasteiger partial charge in [0.25, 0.3) is 0 Å². The molecule has 1 aromatic carbocycles. The molecule has 1 atom stereocenters. The number of hydrogen-bond acceptors (Lipinski definition) is 3. The molecule has 1 unspecified atom stereocenters. The maximum atomic E-state index is 13.2. The lowest BCUT2D eigenvalue weighted by atomic mass is 9.93. The largest absolute Gasteiger partial charge is 0.358 e. The molecule has 0 radical (unpaired) electrons. The third-order valence-corrected chi connectivity index (χ3v) is 7.44. The molecule has 2 saturated heterocycles. The van der Waals surface area contributed by atoms with Gasteiger partial charge in [0.1, 0.15) is 6.04 Å². The van der Waals surface area contributed by atoms with Crippen molar-refractivity contribution in [2.75, 3.05) is 19.6 Å². The van der Waals surface area contributed by atoms with Crippen LogP contribution < -0.4 is 0 Å². The van der Waals surface area contributed by atoms with Gasteiger partial charge in [0.2, 0.25) is 11.8 Å². The van der Waals surface area contributed by atoms with E-state index >= 15 is 0 Å². The molecule has 5 rings (SSSR count). The fourth-order valence-corrected chi connectivity index (χ4v) is 5.62. The highest BCUT2D eigenvalue weighted by Crippen LogP contribution is 2.31. The Balaban J connectivity index is 1.21. The lowest BCUT2D eigenvalue weighted by Gasteiger charge is -2.35. The molecule has 30 heavy (non-hydrogen) atoms. The van der Waals surface area contributed by atoms with E-state index in [-0.39, 0.29) is 17.9 Å². The summed E-state index contributed by atoms with van der Waals surface area (Å²) in [5.74, 6) is 0.685. The van der Waals surface area contributed by atoms with Crippen molar-refractivity contribution in [2.24, 2.45) is 0 Å². The summed E-state index contributed by atoms with van der Waals surface area (Å²) in [6.07, 6.45) is 4.04. The molecule has 2 amide bonds. The number of hydrogen-bond donors (Lipinski definition) is 1. The molecule has 0 bridgehead atoms. The number of para-hydroxylation sites is 1. The number of nitrogens with zero attached hydrogens (tertiary/aromatic N) is 2. The van der Waals surface area contributed by atoms with Crippen LogP contribution in [0.1, 0.15) is 42.2 Å². The van der Waals surface area contributed by atoms with E-state index in [2.05, 4.69) is 35.3 Å². The Hall–Kier alpha value is -2.60. The summed E-state index contributed by atoms with van der Waals surface area (Å²) < 4.78 is 0. The number of nitrogens with one attached hydrogen (secondary N) is 1. The van der Waals surface area contributed by atoms with Crippen molar-refractivity contribution in [1.29, 1.82) is 0 Å². The molecule has 1 N–H and O–H groups in total. The van der Waals surface area contributed by atoms with Crippen LogP contribution in [0.15, 0.2) is 47.8 Å². The van der Waals surface area contributed by atoms with Gasteiger partial charge in [0.05, 0.1) is 6.42 Å². The molecule has 2 fully saturated rings. The minimum atomic E-state index is -0.276. The summed E-state index contributed by atoms with van der Waals surface area (Å²) in [5, 5.41) is 3.24. The van der Waals surface area contributed by atoms with E-state index in [9.17, 15) is 9.59 Å². The number of rotatable bonds is 4. The topological polar surface area (TPSA) is 56.4 Å². The molecule has 0 aliphatic carbocycles. The lowest BCUT2D eigenvalue weighted by Crippen LogP contribution is -2.50. The van der Waals surface area contributed by atoms with Crippen LogP contribution in [0.2, 0.25) is 0 Å². The molecule has 3 aromatic rings. The van der Waals surface area contributed by atoms with Crippen molar-refractivity contribution in [2.45, 2.75) is 44.1 Å². The zero-order chi connectivity index (χ0) is 20.5. The normalized spacial score (nSPS) is 20.2. The Morgan fingerprint density at radius 3 is 2.63 bits per heavy atom. The van der Waals surface area contributed by atoms with Crippen LogP contribution in [0.3, 0.4) is 0 Å². The maximum Gasteiger partial charge on any atom is 0.245 e. The van der Waals surface area contributed by atoms with Crippen LogP contribution in [-0.2, 0) is 16.0 Å². The Bertz CT molecular complexity index is 1000. The summed E-state index contributed by atoms with van der Waals surface area (Å²) in [6.45, 7) is 2.23. The first kappa shape index (κ1) is 19.4. The van der Waals surface area contributed by atoms with Gasteiger partial charge in [-0.3, -0.25) is 9.59 Å². The highest BCUT2D eigenvalue weighted by Gasteiger charge is 2.37. The Morgan fingerprint density at radius 2 is 1.87 bits per heavy atom. The molecule has 5 nitrogen and oxygen atoms in total. The zero-order valence-electron chi connectivity index (χ0n) is 17.0. The summed E-state index contributed by atoms with van der Waals surface area (Å²) in [6, 6.07) is 14.3. The minimum absolute atomic E-state index is 0.0845. The number of fused-ring (bicyclic) bond motifs is 1. The van der Waals surface area contributed by atoms with Gasteiger partial charge in [0, 0.05) is 41.6 Å². The Labute approximate surface area is 180 Å². The van der Waals surface area contributed by atoms with E-state index in [0.29, 0.717) is 18.9 Å². The number of amides is 2. The molecule has 2 aliphatic rings. The summed E-state index contributed by atoms with van der Waals surface area (Å²) in [7, 11) is 0. The summed E-state index contributed by atoms with van der Waals surface area (Å²) in [4.78, 5) is 34.4. The third-order valence-electron chi connectivity index (χ3n) is 6.56. The highest BCUT2D eigenvalue weighted by molar-refractivity contribution is 7.10. The predicted octanol–water partition coefficient (Wildman–Crippen LogP) is 4.17. The van der Waals surface area contributed by atoms with Crippen LogP contribution in [-0.4, -0.2) is 52.3 Å². The van der Waals surface area contributed by atoms with Crippen molar-refractivity contribution in [3.8, 4) is 0 Å². The van der Waals surface area contributed by atoms with Crippen LogP contribution in [0.5, 0.6) is 0 Å². The number of aromatic nitrogens is 1. The van der Waals surface area contributed by atoms with E-state index in [1.807, 2.05) is 27.3 Å². The number of benzene rings is 1. The van der Waals surface area contributed by atoms with Gasteiger partial charge < -0.3 is 14.8 Å². The van der Waals surface area contributed by atoms with Crippen LogP contribution in [0.4, 0.5) is 0 Å². The first-order chi connectivity index (χ1) is 14.7. The van der Waals surface area contributed by atoms with Crippen LogP contribution in [0.25, 0.3) is 10.9 Å². The molecule has 4 heterocycles. The predicted molar refractivity (Wildman–Crippen MR) is 120 cm³/mol. The van der Waals surface area contributed by atoms with Gasteiger partial charge in [-0.15, -0.1) is 11.3 Å². The van der Waals surface area contributed by atoms with Gasteiger partial charge >= 0.3 is 0 Å². The quantitative estimate of drug-likeness (QED) is 0.687.